The molecular weight excluding hydrogens is 314 g/mol. The van der Waals surface area contributed by atoms with Crippen LogP contribution in [-0.4, -0.2) is 15.5 Å². The lowest BCUT2D eigenvalue weighted by Crippen LogP contribution is -2.10. The minimum Gasteiger partial charge on any atom is -0.320 e. The van der Waals surface area contributed by atoms with Crippen LogP contribution in [0.4, 0.5) is 5.69 Å². The van der Waals surface area contributed by atoms with Crippen molar-refractivity contribution in [2.24, 2.45) is 0 Å². The number of aromatic nitrogens is 2. The molecule has 0 aliphatic carbocycles. The van der Waals surface area contributed by atoms with Gasteiger partial charge in [0.25, 0.3) is 5.91 Å². The lowest BCUT2D eigenvalue weighted by Gasteiger charge is -2.05. The van der Waals surface area contributed by atoms with Gasteiger partial charge < -0.3 is 5.32 Å². The molecule has 1 N–H and O–H groups in total. The number of rotatable bonds is 2. The Balaban J connectivity index is 2.21. The van der Waals surface area contributed by atoms with Gasteiger partial charge in [-0.1, -0.05) is 32.0 Å². The number of hydrogen-bond donors (Lipinski definition) is 1. The molecule has 82 valence electrons. The summed E-state index contributed by atoms with van der Waals surface area (Å²) in [5, 5.41) is 6.75. The summed E-state index contributed by atoms with van der Waals surface area (Å²) < 4.78 is 4.46. The van der Waals surface area contributed by atoms with Crippen LogP contribution in [0.3, 0.4) is 0 Å². The first-order chi connectivity index (χ1) is 7.66. The molecule has 16 heavy (non-hydrogen) atoms. The standard InChI is InChI=1S/C9H5BrClN3OS/c10-5-1-2-6(11)7(3-5)13-9(15)8-4-12-14-16-8/h1-4H,(H,13,15). The summed E-state index contributed by atoms with van der Waals surface area (Å²) in [6.45, 7) is 0. The summed E-state index contributed by atoms with van der Waals surface area (Å²) in [7, 11) is 0. The van der Waals surface area contributed by atoms with Gasteiger partial charge in [0.15, 0.2) is 0 Å². The Morgan fingerprint density at radius 2 is 2.31 bits per heavy atom. The molecule has 1 heterocycles. The van der Waals surface area contributed by atoms with Gasteiger partial charge >= 0.3 is 0 Å². The van der Waals surface area contributed by atoms with E-state index in [1.807, 2.05) is 0 Å². The maximum absolute atomic E-state index is 11.7. The first-order valence-corrected chi connectivity index (χ1v) is 6.15. The van der Waals surface area contributed by atoms with Gasteiger partial charge in [-0.25, -0.2) is 0 Å². The Kier molecular flexibility index (Phi) is 3.52. The topological polar surface area (TPSA) is 54.9 Å². The third-order valence-corrected chi connectivity index (χ3v) is 3.25. The van der Waals surface area contributed by atoms with E-state index in [0.717, 1.165) is 16.0 Å². The first kappa shape index (κ1) is 11.5. The van der Waals surface area contributed by atoms with E-state index in [-0.39, 0.29) is 5.91 Å². The van der Waals surface area contributed by atoms with Gasteiger partial charge in [-0.2, -0.15) is 0 Å². The number of halogens is 2. The molecule has 1 amide bonds. The lowest BCUT2D eigenvalue weighted by atomic mass is 10.3. The number of carbonyl (C=O) groups is 1. The molecule has 0 saturated carbocycles. The molecule has 0 spiro atoms. The van der Waals surface area contributed by atoms with Gasteiger partial charge in [-0.05, 0) is 29.7 Å². The molecular formula is C9H5BrClN3OS. The lowest BCUT2D eigenvalue weighted by molar-refractivity contribution is 0.103. The summed E-state index contributed by atoms with van der Waals surface area (Å²) in [5.41, 5.74) is 0.550. The molecule has 4 nitrogen and oxygen atoms in total. The summed E-state index contributed by atoms with van der Waals surface area (Å²) in [6.07, 6.45) is 1.41. The number of anilines is 1. The van der Waals surface area contributed by atoms with E-state index in [4.69, 9.17) is 11.6 Å². The Labute approximate surface area is 109 Å². The van der Waals surface area contributed by atoms with Crippen LogP contribution < -0.4 is 5.32 Å². The van der Waals surface area contributed by atoms with E-state index in [2.05, 4.69) is 30.8 Å². The van der Waals surface area contributed by atoms with Crippen molar-refractivity contribution >= 4 is 50.7 Å². The minimum absolute atomic E-state index is 0.269. The maximum Gasteiger partial charge on any atom is 0.269 e. The highest BCUT2D eigenvalue weighted by atomic mass is 79.9. The van der Waals surface area contributed by atoms with Crippen LogP contribution in [0.2, 0.25) is 5.02 Å². The Morgan fingerprint density at radius 3 is 3.00 bits per heavy atom. The van der Waals surface area contributed by atoms with Crippen molar-refractivity contribution in [3.05, 3.63) is 38.8 Å². The van der Waals surface area contributed by atoms with Gasteiger partial charge in [-0.3, -0.25) is 4.79 Å². The molecule has 0 aliphatic heterocycles. The fourth-order valence-electron chi connectivity index (χ4n) is 1.04. The van der Waals surface area contributed by atoms with Crippen molar-refractivity contribution in [2.45, 2.75) is 0 Å². The zero-order valence-corrected chi connectivity index (χ0v) is 10.9. The van der Waals surface area contributed by atoms with Gasteiger partial charge in [-0.15, -0.1) is 5.10 Å². The first-order valence-electron chi connectivity index (χ1n) is 4.20. The van der Waals surface area contributed by atoms with E-state index < -0.39 is 0 Å². The van der Waals surface area contributed by atoms with Gasteiger partial charge in [0.1, 0.15) is 4.88 Å². The fraction of sp³-hybridized carbons (Fsp3) is 0. The van der Waals surface area contributed by atoms with Crippen molar-refractivity contribution < 1.29 is 4.79 Å². The zero-order valence-electron chi connectivity index (χ0n) is 7.78. The molecule has 1 aromatic heterocycles. The van der Waals surface area contributed by atoms with Crippen molar-refractivity contribution in [1.29, 1.82) is 0 Å². The highest BCUT2D eigenvalue weighted by molar-refractivity contribution is 9.10. The second kappa shape index (κ2) is 4.90. The molecule has 7 heteroatoms. The molecule has 1 aromatic carbocycles. The average molecular weight is 319 g/mol. The molecule has 0 aliphatic rings. The number of nitrogens with zero attached hydrogens (tertiary/aromatic N) is 2. The normalized spacial score (nSPS) is 10.1. The summed E-state index contributed by atoms with van der Waals surface area (Å²) in [6, 6.07) is 5.23. The van der Waals surface area contributed by atoms with Crippen LogP contribution in [0, 0.1) is 0 Å². The molecule has 2 rings (SSSR count). The highest BCUT2D eigenvalue weighted by Gasteiger charge is 2.10. The number of nitrogens with one attached hydrogen (secondary N) is 1. The van der Waals surface area contributed by atoms with Crippen LogP contribution in [0.25, 0.3) is 0 Å². The number of amides is 1. The largest absolute Gasteiger partial charge is 0.320 e. The highest BCUT2D eigenvalue weighted by Crippen LogP contribution is 2.26. The van der Waals surface area contributed by atoms with Crippen molar-refractivity contribution in [1.82, 2.24) is 9.59 Å². The summed E-state index contributed by atoms with van der Waals surface area (Å²) in [4.78, 5) is 12.1. The zero-order chi connectivity index (χ0) is 11.5. The van der Waals surface area contributed by atoms with Crippen LogP contribution in [0.15, 0.2) is 28.9 Å². The quantitative estimate of drug-likeness (QED) is 0.925. The van der Waals surface area contributed by atoms with Gasteiger partial charge in [0.2, 0.25) is 0 Å². The summed E-state index contributed by atoms with van der Waals surface area (Å²) >= 11 is 10.3. The predicted molar refractivity (Wildman–Crippen MR) is 67.0 cm³/mol. The predicted octanol–water partition coefficient (Wildman–Crippen LogP) is 3.21. The van der Waals surface area contributed by atoms with Crippen molar-refractivity contribution in [3.63, 3.8) is 0 Å². The second-order valence-corrected chi connectivity index (χ2v) is 4.97. The van der Waals surface area contributed by atoms with Crippen molar-refractivity contribution in [2.75, 3.05) is 5.32 Å². The Hall–Kier alpha value is -0.980. The van der Waals surface area contributed by atoms with Crippen molar-refractivity contribution in [3.8, 4) is 0 Å². The van der Waals surface area contributed by atoms with E-state index in [1.54, 1.807) is 18.2 Å². The van der Waals surface area contributed by atoms with Gasteiger partial charge in [0.05, 0.1) is 16.9 Å². The number of carbonyl (C=O) groups excluding carboxylic acids is 1. The molecule has 0 bridgehead atoms. The van der Waals surface area contributed by atoms with E-state index in [0.29, 0.717) is 15.6 Å². The van der Waals surface area contributed by atoms with Crippen LogP contribution in [-0.2, 0) is 0 Å². The van der Waals surface area contributed by atoms with E-state index in [9.17, 15) is 4.79 Å². The molecule has 0 saturated heterocycles. The SMILES string of the molecule is O=C(Nc1cc(Br)ccc1Cl)c1cnns1. The third kappa shape index (κ3) is 2.58. The van der Waals surface area contributed by atoms with E-state index in [1.165, 1.54) is 6.20 Å². The average Bonchev–Trinajstić information content (AvgIpc) is 2.76. The monoisotopic (exact) mass is 317 g/mol. The van der Waals surface area contributed by atoms with Crippen LogP contribution in [0.5, 0.6) is 0 Å². The maximum atomic E-state index is 11.7. The Morgan fingerprint density at radius 1 is 1.50 bits per heavy atom. The minimum atomic E-state index is -0.269. The number of hydrogen-bond acceptors (Lipinski definition) is 4. The Bertz CT molecular complexity index is 517. The van der Waals surface area contributed by atoms with E-state index >= 15 is 0 Å². The van der Waals surface area contributed by atoms with Crippen LogP contribution >= 0.6 is 39.1 Å². The molecule has 0 unspecified atom stereocenters. The third-order valence-electron chi connectivity index (χ3n) is 1.76. The molecule has 0 atom stereocenters. The fourth-order valence-corrected chi connectivity index (χ4v) is 1.98. The van der Waals surface area contributed by atoms with Gasteiger partial charge in [0, 0.05) is 4.47 Å². The smallest absolute Gasteiger partial charge is 0.269 e. The second-order valence-electron chi connectivity index (χ2n) is 2.86. The molecule has 0 radical (unpaired) electrons. The van der Waals surface area contributed by atoms with Crippen LogP contribution in [0.1, 0.15) is 9.67 Å². The summed E-state index contributed by atoms with van der Waals surface area (Å²) in [5.74, 6) is -0.269. The molecule has 2 aromatic rings. The molecule has 0 fully saturated rings. The number of benzene rings is 1.